The van der Waals surface area contributed by atoms with Crippen molar-refractivity contribution in [1.29, 1.82) is 0 Å². The van der Waals surface area contributed by atoms with Gasteiger partial charge in [-0.15, -0.1) is 11.3 Å². The maximum absolute atomic E-state index is 13.9. The smallest absolute Gasteiger partial charge is 0.255 e. The van der Waals surface area contributed by atoms with Gasteiger partial charge in [0, 0.05) is 17.0 Å². The lowest BCUT2D eigenvalue weighted by molar-refractivity contribution is 0.0934. The normalized spacial score (nSPS) is 11.8. The van der Waals surface area contributed by atoms with Crippen LogP contribution in [-0.2, 0) is 6.61 Å². The molecule has 3 aromatic rings. The van der Waals surface area contributed by atoms with Crippen LogP contribution in [0.2, 0.25) is 0 Å². The summed E-state index contributed by atoms with van der Waals surface area (Å²) in [5.41, 5.74) is 3.01. The van der Waals surface area contributed by atoms with E-state index in [0.717, 1.165) is 17.8 Å². The van der Waals surface area contributed by atoms with Crippen LogP contribution < -0.4 is 10.1 Å². The van der Waals surface area contributed by atoms with Crippen LogP contribution >= 0.6 is 11.3 Å². The summed E-state index contributed by atoms with van der Waals surface area (Å²) < 4.78 is 32.6. The number of carbonyl (C=O) groups excluding carboxylic acids is 1. The van der Waals surface area contributed by atoms with Gasteiger partial charge in [0.2, 0.25) is 0 Å². The summed E-state index contributed by atoms with van der Waals surface area (Å²) in [6.07, 6.45) is 0. The lowest BCUT2D eigenvalue weighted by Gasteiger charge is -2.17. The highest BCUT2D eigenvalue weighted by molar-refractivity contribution is 7.07. The highest BCUT2D eigenvalue weighted by atomic mass is 32.1. The maximum atomic E-state index is 13.9. The fraction of sp³-hybridized carbons (Fsp3) is 0.158. The Morgan fingerprint density at radius 3 is 2.81 bits per heavy atom. The number of amides is 1. The Morgan fingerprint density at radius 1 is 1.27 bits per heavy atom. The Morgan fingerprint density at radius 2 is 2.08 bits per heavy atom. The minimum absolute atomic E-state index is 0.209. The first-order chi connectivity index (χ1) is 12.5. The predicted molar refractivity (Wildman–Crippen MR) is 95.1 cm³/mol. The minimum Gasteiger partial charge on any atom is -0.486 e. The number of aromatic nitrogens is 1. The number of para-hydroxylation sites is 1. The summed E-state index contributed by atoms with van der Waals surface area (Å²) in [4.78, 5) is 16.7. The summed E-state index contributed by atoms with van der Waals surface area (Å²) in [5, 5.41) is 4.57. The van der Waals surface area contributed by atoms with Gasteiger partial charge in [-0.1, -0.05) is 18.2 Å². The zero-order valence-electron chi connectivity index (χ0n) is 13.9. The molecule has 0 bridgehead atoms. The van der Waals surface area contributed by atoms with Gasteiger partial charge in [0.05, 0.1) is 22.8 Å². The monoisotopic (exact) mass is 374 g/mol. The van der Waals surface area contributed by atoms with Gasteiger partial charge in [0.25, 0.3) is 5.91 Å². The first kappa shape index (κ1) is 18.0. The first-order valence-electron chi connectivity index (χ1n) is 7.89. The van der Waals surface area contributed by atoms with Crippen LogP contribution in [0.4, 0.5) is 8.78 Å². The third kappa shape index (κ3) is 4.23. The van der Waals surface area contributed by atoms with Crippen LogP contribution in [0.3, 0.4) is 0 Å². The maximum Gasteiger partial charge on any atom is 0.255 e. The number of hydrogen-bond acceptors (Lipinski definition) is 4. The number of thiazole rings is 1. The van der Waals surface area contributed by atoms with Crippen molar-refractivity contribution in [2.24, 2.45) is 0 Å². The Labute approximate surface area is 153 Å². The molecule has 0 saturated carbocycles. The molecule has 0 fully saturated rings. The topological polar surface area (TPSA) is 51.2 Å². The van der Waals surface area contributed by atoms with Crippen LogP contribution in [0.1, 0.15) is 34.6 Å². The molecule has 1 unspecified atom stereocenters. The van der Waals surface area contributed by atoms with Gasteiger partial charge in [0.1, 0.15) is 24.0 Å². The largest absolute Gasteiger partial charge is 0.486 e. The Kier molecular flexibility index (Phi) is 5.58. The summed E-state index contributed by atoms with van der Waals surface area (Å²) >= 11 is 1.46. The molecule has 3 rings (SSSR count). The number of halogens is 2. The van der Waals surface area contributed by atoms with Gasteiger partial charge in [-0.2, -0.15) is 0 Å². The van der Waals surface area contributed by atoms with E-state index in [1.54, 1.807) is 36.7 Å². The van der Waals surface area contributed by atoms with Crippen molar-refractivity contribution in [2.75, 3.05) is 0 Å². The molecular weight excluding hydrogens is 358 g/mol. The fourth-order valence-electron chi connectivity index (χ4n) is 2.45. The average molecular weight is 374 g/mol. The molecule has 1 N–H and O–H groups in total. The van der Waals surface area contributed by atoms with E-state index in [9.17, 15) is 13.6 Å². The second kappa shape index (κ2) is 8.05. The van der Waals surface area contributed by atoms with Crippen LogP contribution in [0, 0.1) is 11.6 Å². The van der Waals surface area contributed by atoms with Gasteiger partial charge in [-0.25, -0.2) is 13.8 Å². The Balaban J connectivity index is 1.73. The number of carbonyl (C=O) groups is 1. The first-order valence-corrected chi connectivity index (χ1v) is 8.83. The molecule has 1 amide bonds. The van der Waals surface area contributed by atoms with E-state index in [-0.39, 0.29) is 12.2 Å². The SMILES string of the molecule is CC(NC(=O)c1ccccc1OCc1cscn1)c1ccc(F)cc1F. The van der Waals surface area contributed by atoms with Gasteiger partial charge in [-0.3, -0.25) is 4.79 Å². The van der Waals surface area contributed by atoms with E-state index in [1.807, 2.05) is 5.38 Å². The second-order valence-corrected chi connectivity index (χ2v) is 6.34. The third-order valence-electron chi connectivity index (χ3n) is 3.77. The summed E-state index contributed by atoms with van der Waals surface area (Å²) in [5.74, 6) is -1.36. The molecule has 26 heavy (non-hydrogen) atoms. The fourth-order valence-corrected chi connectivity index (χ4v) is 2.99. The van der Waals surface area contributed by atoms with Crippen molar-refractivity contribution < 1.29 is 18.3 Å². The van der Waals surface area contributed by atoms with Crippen molar-refractivity contribution in [3.8, 4) is 5.75 Å². The molecule has 1 aromatic heterocycles. The molecule has 7 heteroatoms. The molecule has 2 aromatic carbocycles. The Hall–Kier alpha value is -2.80. The number of nitrogens with zero attached hydrogens (tertiary/aromatic N) is 1. The molecule has 0 spiro atoms. The van der Waals surface area contributed by atoms with Crippen molar-refractivity contribution in [3.63, 3.8) is 0 Å². The van der Waals surface area contributed by atoms with E-state index in [4.69, 9.17) is 4.74 Å². The zero-order valence-corrected chi connectivity index (χ0v) is 14.7. The zero-order chi connectivity index (χ0) is 18.5. The average Bonchev–Trinajstić information content (AvgIpc) is 3.13. The predicted octanol–water partition coefficient (Wildman–Crippen LogP) is 4.49. The number of rotatable bonds is 6. The molecule has 0 aliphatic carbocycles. The molecule has 0 aliphatic heterocycles. The van der Waals surface area contributed by atoms with E-state index >= 15 is 0 Å². The van der Waals surface area contributed by atoms with Crippen LogP contribution in [0.25, 0.3) is 0 Å². The number of nitrogens with one attached hydrogen (secondary N) is 1. The van der Waals surface area contributed by atoms with E-state index in [2.05, 4.69) is 10.3 Å². The molecule has 1 atom stereocenters. The van der Waals surface area contributed by atoms with Crippen molar-refractivity contribution >= 4 is 17.2 Å². The highest BCUT2D eigenvalue weighted by Crippen LogP contribution is 2.22. The molecule has 134 valence electrons. The van der Waals surface area contributed by atoms with Gasteiger partial charge < -0.3 is 10.1 Å². The van der Waals surface area contributed by atoms with Crippen molar-refractivity contribution in [1.82, 2.24) is 10.3 Å². The standard InChI is InChI=1S/C19H16F2N2O2S/c1-12(15-7-6-13(20)8-17(15)21)23-19(24)16-4-2-3-5-18(16)25-9-14-10-26-11-22-14/h2-8,10-12H,9H2,1H3,(H,23,24). The molecule has 4 nitrogen and oxygen atoms in total. The summed E-state index contributed by atoms with van der Waals surface area (Å²) in [6, 6.07) is 9.43. The third-order valence-corrected chi connectivity index (χ3v) is 4.40. The van der Waals surface area contributed by atoms with E-state index < -0.39 is 23.6 Å². The quantitative estimate of drug-likeness (QED) is 0.692. The molecular formula is C19H16F2N2O2S. The van der Waals surface area contributed by atoms with Crippen LogP contribution in [0.15, 0.2) is 53.4 Å². The second-order valence-electron chi connectivity index (χ2n) is 5.63. The van der Waals surface area contributed by atoms with Crippen LogP contribution in [0.5, 0.6) is 5.75 Å². The van der Waals surface area contributed by atoms with Gasteiger partial charge in [0.15, 0.2) is 0 Å². The molecule has 0 radical (unpaired) electrons. The Bertz CT molecular complexity index is 900. The molecule has 0 saturated heterocycles. The minimum atomic E-state index is -0.703. The molecule has 1 heterocycles. The lowest BCUT2D eigenvalue weighted by Crippen LogP contribution is -2.27. The number of benzene rings is 2. The van der Waals surface area contributed by atoms with Crippen molar-refractivity contribution in [3.05, 3.63) is 81.8 Å². The van der Waals surface area contributed by atoms with Crippen LogP contribution in [-0.4, -0.2) is 10.9 Å². The lowest BCUT2D eigenvalue weighted by atomic mass is 10.1. The number of ether oxygens (including phenoxy) is 1. The van der Waals surface area contributed by atoms with Gasteiger partial charge >= 0.3 is 0 Å². The molecule has 0 aliphatic rings. The van der Waals surface area contributed by atoms with E-state index in [1.165, 1.54) is 17.4 Å². The van der Waals surface area contributed by atoms with Crippen molar-refractivity contribution in [2.45, 2.75) is 19.6 Å². The highest BCUT2D eigenvalue weighted by Gasteiger charge is 2.18. The summed E-state index contributed by atoms with van der Waals surface area (Å²) in [7, 11) is 0. The number of hydrogen-bond donors (Lipinski definition) is 1. The summed E-state index contributed by atoms with van der Waals surface area (Å²) in [6.45, 7) is 1.88. The van der Waals surface area contributed by atoms with E-state index in [0.29, 0.717) is 11.3 Å². The van der Waals surface area contributed by atoms with Gasteiger partial charge in [-0.05, 0) is 25.1 Å².